The molecule has 2 rings (SSSR count). The number of rotatable bonds is 4. The maximum Gasteiger partial charge on any atom is 0.344 e. The van der Waals surface area contributed by atoms with E-state index in [1.165, 1.54) is 24.3 Å². The minimum atomic E-state index is -0.988. The summed E-state index contributed by atoms with van der Waals surface area (Å²) < 4.78 is 9.58. The maximum absolute atomic E-state index is 11.4. The van der Waals surface area contributed by atoms with Crippen LogP contribution in [0.3, 0.4) is 0 Å². The quantitative estimate of drug-likeness (QED) is 0.259. The van der Waals surface area contributed by atoms with Crippen LogP contribution < -0.4 is 10.5 Å². The van der Waals surface area contributed by atoms with Crippen molar-refractivity contribution in [2.45, 2.75) is 12.2 Å². The Morgan fingerprint density at radius 1 is 1.28 bits per heavy atom. The smallest absolute Gasteiger partial charge is 0.344 e. The number of nitro benzene ring substituents is 1. The van der Waals surface area contributed by atoms with Gasteiger partial charge in [0.2, 0.25) is 5.91 Å². The number of hydrogen-bond acceptors (Lipinski definition) is 6. The molecule has 18 heavy (non-hydrogen) atoms. The molecule has 0 aliphatic carbocycles. The van der Waals surface area contributed by atoms with Crippen LogP contribution in [0.1, 0.15) is 0 Å². The van der Waals surface area contributed by atoms with E-state index in [1.54, 1.807) is 0 Å². The molecule has 8 heteroatoms. The largest absolute Gasteiger partial charge is 0.425 e. The molecule has 0 bridgehead atoms. The van der Waals surface area contributed by atoms with Crippen molar-refractivity contribution in [3.05, 3.63) is 34.4 Å². The number of nitrogens with two attached hydrogens (primary N) is 1. The van der Waals surface area contributed by atoms with E-state index in [4.69, 9.17) is 15.2 Å². The Kier molecular flexibility index (Phi) is 2.94. The Balaban J connectivity index is 1.96. The highest BCUT2D eigenvalue weighted by Crippen LogP contribution is 2.25. The van der Waals surface area contributed by atoms with Crippen LogP contribution in [0.2, 0.25) is 0 Å². The number of carbonyl (C=O) groups excluding carboxylic acids is 2. The van der Waals surface area contributed by atoms with Crippen molar-refractivity contribution in [3.8, 4) is 5.75 Å². The number of epoxide rings is 1. The summed E-state index contributed by atoms with van der Waals surface area (Å²) in [6.45, 7) is 0. The summed E-state index contributed by atoms with van der Waals surface area (Å²) >= 11 is 0. The zero-order valence-electron chi connectivity index (χ0n) is 8.94. The summed E-state index contributed by atoms with van der Waals surface area (Å²) in [7, 11) is 0. The number of esters is 1. The van der Waals surface area contributed by atoms with Gasteiger partial charge in [0.05, 0.1) is 4.92 Å². The molecule has 1 amide bonds. The van der Waals surface area contributed by atoms with Crippen LogP contribution >= 0.6 is 0 Å². The summed E-state index contributed by atoms with van der Waals surface area (Å²) in [6, 6.07) is 4.94. The molecule has 2 atom stereocenters. The van der Waals surface area contributed by atoms with Crippen LogP contribution in [0.25, 0.3) is 0 Å². The van der Waals surface area contributed by atoms with Crippen LogP contribution in [0.4, 0.5) is 5.69 Å². The van der Waals surface area contributed by atoms with Gasteiger partial charge in [-0.3, -0.25) is 14.9 Å². The van der Waals surface area contributed by atoms with Crippen molar-refractivity contribution in [2.75, 3.05) is 0 Å². The number of non-ortho nitro benzene ring substituents is 1. The van der Waals surface area contributed by atoms with Gasteiger partial charge in [0.15, 0.2) is 12.2 Å². The first-order chi connectivity index (χ1) is 8.49. The summed E-state index contributed by atoms with van der Waals surface area (Å²) in [5.74, 6) is -1.36. The number of primary amides is 1. The monoisotopic (exact) mass is 252 g/mol. The van der Waals surface area contributed by atoms with Crippen LogP contribution in [-0.2, 0) is 14.3 Å². The molecule has 2 N–H and O–H groups in total. The number of benzene rings is 1. The first-order valence-electron chi connectivity index (χ1n) is 4.90. The fourth-order valence-corrected chi connectivity index (χ4v) is 1.32. The van der Waals surface area contributed by atoms with Gasteiger partial charge >= 0.3 is 5.97 Å². The lowest BCUT2D eigenvalue weighted by molar-refractivity contribution is -0.384. The van der Waals surface area contributed by atoms with Crippen LogP contribution in [0.15, 0.2) is 24.3 Å². The fraction of sp³-hybridized carbons (Fsp3) is 0.200. The van der Waals surface area contributed by atoms with Gasteiger partial charge in [-0.05, 0) is 12.1 Å². The van der Waals surface area contributed by atoms with Crippen molar-refractivity contribution in [2.24, 2.45) is 5.73 Å². The van der Waals surface area contributed by atoms with Gasteiger partial charge in [0.1, 0.15) is 5.75 Å². The SMILES string of the molecule is NC(=O)C1OC1C(=O)Oc1ccc([N+](=O)[O-])cc1. The lowest BCUT2D eigenvalue weighted by Crippen LogP contribution is -2.25. The number of hydrogen-bond donors (Lipinski definition) is 1. The van der Waals surface area contributed by atoms with Crippen LogP contribution in [0.5, 0.6) is 5.75 Å². The summed E-state index contributed by atoms with van der Waals surface area (Å²) in [5.41, 5.74) is 4.81. The van der Waals surface area contributed by atoms with E-state index in [0.717, 1.165) is 0 Å². The predicted octanol–water partition coefficient (Wildman–Crippen LogP) is -0.247. The zero-order valence-corrected chi connectivity index (χ0v) is 8.94. The average molecular weight is 252 g/mol. The third-order valence-electron chi connectivity index (χ3n) is 2.27. The molecule has 1 aromatic carbocycles. The number of amides is 1. The van der Waals surface area contributed by atoms with Gasteiger partial charge in [-0.15, -0.1) is 0 Å². The van der Waals surface area contributed by atoms with E-state index < -0.39 is 29.0 Å². The second kappa shape index (κ2) is 4.41. The molecule has 0 saturated carbocycles. The van der Waals surface area contributed by atoms with E-state index in [-0.39, 0.29) is 11.4 Å². The molecular weight excluding hydrogens is 244 g/mol. The molecule has 0 aromatic heterocycles. The molecule has 1 heterocycles. The molecule has 1 aliphatic rings. The van der Waals surface area contributed by atoms with Gasteiger partial charge < -0.3 is 15.2 Å². The van der Waals surface area contributed by atoms with Crippen molar-refractivity contribution < 1.29 is 24.0 Å². The lowest BCUT2D eigenvalue weighted by atomic mass is 10.3. The second-order valence-electron chi connectivity index (χ2n) is 3.55. The van der Waals surface area contributed by atoms with E-state index in [1.807, 2.05) is 0 Å². The Labute approximate surface area is 100 Å². The van der Waals surface area contributed by atoms with Gasteiger partial charge in [-0.2, -0.15) is 0 Å². The molecule has 0 radical (unpaired) electrons. The van der Waals surface area contributed by atoms with E-state index in [2.05, 4.69) is 0 Å². The Hall–Kier alpha value is -2.48. The molecule has 0 spiro atoms. The predicted molar refractivity (Wildman–Crippen MR) is 56.6 cm³/mol. The molecule has 94 valence electrons. The molecule has 1 fully saturated rings. The molecule has 2 unspecified atom stereocenters. The Morgan fingerprint density at radius 2 is 1.89 bits per heavy atom. The maximum atomic E-state index is 11.4. The minimum Gasteiger partial charge on any atom is -0.425 e. The molecule has 1 aromatic rings. The number of carbonyl (C=O) groups is 2. The van der Waals surface area contributed by atoms with E-state index >= 15 is 0 Å². The summed E-state index contributed by atoms with van der Waals surface area (Å²) in [4.78, 5) is 31.9. The third-order valence-corrected chi connectivity index (χ3v) is 2.27. The highest BCUT2D eigenvalue weighted by molar-refractivity contribution is 5.92. The topological polar surface area (TPSA) is 125 Å². The number of ether oxygens (including phenoxy) is 2. The highest BCUT2D eigenvalue weighted by Gasteiger charge is 2.50. The normalized spacial score (nSPS) is 21.1. The molecular formula is C10H8N2O6. The van der Waals surface area contributed by atoms with Crippen molar-refractivity contribution in [3.63, 3.8) is 0 Å². The fourth-order valence-electron chi connectivity index (χ4n) is 1.32. The van der Waals surface area contributed by atoms with Crippen molar-refractivity contribution in [1.29, 1.82) is 0 Å². The average Bonchev–Trinajstić information content (AvgIpc) is 3.09. The molecule has 1 saturated heterocycles. The molecule has 8 nitrogen and oxygen atoms in total. The summed E-state index contributed by atoms with van der Waals surface area (Å²) in [5, 5.41) is 10.4. The van der Waals surface area contributed by atoms with Crippen molar-refractivity contribution in [1.82, 2.24) is 0 Å². The third kappa shape index (κ3) is 2.43. The van der Waals surface area contributed by atoms with Gasteiger partial charge in [0, 0.05) is 12.1 Å². The standard InChI is InChI=1S/C10H8N2O6/c11-9(13)7-8(18-7)10(14)17-6-3-1-5(2-4-6)12(15)16/h1-4,7-8H,(H2,11,13). The first-order valence-corrected chi connectivity index (χ1v) is 4.90. The Bertz CT molecular complexity index is 512. The minimum absolute atomic E-state index is 0.118. The number of nitrogens with zero attached hydrogens (tertiary/aromatic N) is 1. The van der Waals surface area contributed by atoms with Crippen molar-refractivity contribution >= 4 is 17.6 Å². The van der Waals surface area contributed by atoms with Gasteiger partial charge in [0.25, 0.3) is 5.69 Å². The highest BCUT2D eigenvalue weighted by atomic mass is 16.6. The van der Waals surface area contributed by atoms with Crippen LogP contribution in [-0.4, -0.2) is 29.0 Å². The second-order valence-corrected chi connectivity index (χ2v) is 3.55. The Morgan fingerprint density at radius 3 is 2.33 bits per heavy atom. The van der Waals surface area contributed by atoms with E-state index in [9.17, 15) is 19.7 Å². The van der Waals surface area contributed by atoms with Gasteiger partial charge in [-0.25, -0.2) is 4.79 Å². The van der Waals surface area contributed by atoms with Gasteiger partial charge in [-0.1, -0.05) is 0 Å². The molecule has 1 aliphatic heterocycles. The van der Waals surface area contributed by atoms with E-state index in [0.29, 0.717) is 0 Å². The summed E-state index contributed by atoms with van der Waals surface area (Å²) in [6.07, 6.45) is -1.94. The number of nitro groups is 1. The zero-order chi connectivity index (χ0) is 13.3. The van der Waals surface area contributed by atoms with Crippen LogP contribution in [0, 0.1) is 10.1 Å². The lowest BCUT2D eigenvalue weighted by Gasteiger charge is -2.01. The first kappa shape index (κ1) is 12.0.